The Morgan fingerprint density at radius 1 is 0.786 bits per heavy atom. The Morgan fingerprint density at radius 2 is 1.43 bits per heavy atom. The molecule has 0 aliphatic heterocycles. The first-order valence-corrected chi connectivity index (χ1v) is 10.2. The highest BCUT2D eigenvalue weighted by atomic mass is 79.9. The molecule has 1 aromatic heterocycles. The number of benzene rings is 3. The highest BCUT2D eigenvalue weighted by molar-refractivity contribution is 9.10. The number of rotatable bonds is 5. The summed E-state index contributed by atoms with van der Waals surface area (Å²) in [5.74, 6) is 0.965. The lowest BCUT2D eigenvalue weighted by atomic mass is 10.0. The SMILES string of the molecule is CCn1cc(-c2ccc(-c3ccccc3)cc2)nc1/C=C/c1ccc(Br)cc1. The van der Waals surface area contributed by atoms with E-state index in [1.807, 2.05) is 18.2 Å². The van der Waals surface area contributed by atoms with E-state index < -0.39 is 0 Å². The van der Waals surface area contributed by atoms with Gasteiger partial charge < -0.3 is 4.57 Å². The molecule has 0 N–H and O–H groups in total. The van der Waals surface area contributed by atoms with Crippen LogP contribution in [0.3, 0.4) is 0 Å². The van der Waals surface area contributed by atoms with Gasteiger partial charge in [-0.05, 0) is 41.8 Å². The highest BCUT2D eigenvalue weighted by Gasteiger charge is 2.07. The number of hydrogen-bond acceptors (Lipinski definition) is 1. The van der Waals surface area contributed by atoms with Crippen molar-refractivity contribution in [1.29, 1.82) is 0 Å². The van der Waals surface area contributed by atoms with Crippen molar-refractivity contribution >= 4 is 28.1 Å². The maximum absolute atomic E-state index is 4.85. The average Bonchev–Trinajstić information content (AvgIpc) is 3.17. The average molecular weight is 429 g/mol. The molecule has 28 heavy (non-hydrogen) atoms. The van der Waals surface area contributed by atoms with Crippen LogP contribution in [0.1, 0.15) is 18.3 Å². The number of hydrogen-bond donors (Lipinski definition) is 0. The molecular weight excluding hydrogens is 408 g/mol. The predicted octanol–water partition coefficient (Wildman–Crippen LogP) is 7.17. The van der Waals surface area contributed by atoms with Crippen LogP contribution in [0.4, 0.5) is 0 Å². The molecule has 138 valence electrons. The third kappa shape index (κ3) is 4.15. The minimum Gasteiger partial charge on any atom is -0.331 e. The zero-order valence-electron chi connectivity index (χ0n) is 15.7. The first kappa shape index (κ1) is 18.5. The summed E-state index contributed by atoms with van der Waals surface area (Å²) in [7, 11) is 0. The van der Waals surface area contributed by atoms with Gasteiger partial charge >= 0.3 is 0 Å². The monoisotopic (exact) mass is 428 g/mol. The molecule has 0 aliphatic rings. The van der Waals surface area contributed by atoms with Crippen LogP contribution < -0.4 is 0 Å². The van der Waals surface area contributed by atoms with Gasteiger partial charge in [0, 0.05) is 22.8 Å². The van der Waals surface area contributed by atoms with Gasteiger partial charge in [-0.3, -0.25) is 0 Å². The van der Waals surface area contributed by atoms with Gasteiger partial charge in [0.1, 0.15) is 5.82 Å². The zero-order chi connectivity index (χ0) is 19.3. The van der Waals surface area contributed by atoms with E-state index in [1.54, 1.807) is 0 Å². The van der Waals surface area contributed by atoms with Crippen molar-refractivity contribution < 1.29 is 0 Å². The molecule has 0 spiro atoms. The Kier molecular flexibility index (Phi) is 5.54. The molecule has 0 bridgehead atoms. The molecule has 0 aliphatic carbocycles. The second kappa shape index (κ2) is 8.41. The van der Waals surface area contributed by atoms with E-state index >= 15 is 0 Å². The highest BCUT2D eigenvalue weighted by Crippen LogP contribution is 2.25. The third-order valence-corrected chi connectivity index (χ3v) is 5.26. The van der Waals surface area contributed by atoms with E-state index in [0.717, 1.165) is 33.7 Å². The summed E-state index contributed by atoms with van der Waals surface area (Å²) < 4.78 is 3.26. The van der Waals surface area contributed by atoms with Gasteiger partial charge in [0.2, 0.25) is 0 Å². The summed E-state index contributed by atoms with van der Waals surface area (Å²) in [6.45, 7) is 3.02. The van der Waals surface area contributed by atoms with Crippen LogP contribution >= 0.6 is 15.9 Å². The molecule has 2 nitrogen and oxygen atoms in total. The number of imidazole rings is 1. The molecule has 0 fully saturated rings. The van der Waals surface area contributed by atoms with E-state index in [4.69, 9.17) is 4.98 Å². The lowest BCUT2D eigenvalue weighted by molar-refractivity contribution is 0.753. The van der Waals surface area contributed by atoms with Crippen LogP contribution in [0.5, 0.6) is 0 Å². The molecule has 0 atom stereocenters. The summed E-state index contributed by atoms with van der Waals surface area (Å²) in [5.41, 5.74) is 5.73. The number of nitrogens with zero attached hydrogens (tertiary/aromatic N) is 2. The van der Waals surface area contributed by atoms with Gasteiger partial charge in [-0.1, -0.05) is 88.7 Å². The molecule has 3 aromatic carbocycles. The van der Waals surface area contributed by atoms with Crippen LogP contribution in [0, 0.1) is 0 Å². The first-order valence-electron chi connectivity index (χ1n) is 9.39. The molecule has 0 saturated carbocycles. The maximum Gasteiger partial charge on any atom is 0.133 e. The smallest absolute Gasteiger partial charge is 0.133 e. The maximum atomic E-state index is 4.85. The second-order valence-electron chi connectivity index (χ2n) is 6.60. The quantitative estimate of drug-likeness (QED) is 0.329. The van der Waals surface area contributed by atoms with Gasteiger partial charge in [0.05, 0.1) is 5.69 Å². The van der Waals surface area contributed by atoms with Crippen molar-refractivity contribution in [1.82, 2.24) is 9.55 Å². The Hall–Kier alpha value is -2.91. The van der Waals surface area contributed by atoms with Crippen molar-refractivity contribution in [2.75, 3.05) is 0 Å². The van der Waals surface area contributed by atoms with Crippen LogP contribution in [-0.4, -0.2) is 9.55 Å². The van der Waals surface area contributed by atoms with Gasteiger partial charge in [-0.2, -0.15) is 0 Å². The van der Waals surface area contributed by atoms with E-state index in [1.165, 1.54) is 11.1 Å². The van der Waals surface area contributed by atoms with Gasteiger partial charge in [0.15, 0.2) is 0 Å². The lowest BCUT2D eigenvalue weighted by Gasteiger charge is -2.02. The topological polar surface area (TPSA) is 17.8 Å². The molecule has 4 aromatic rings. The Balaban J connectivity index is 1.59. The lowest BCUT2D eigenvalue weighted by Crippen LogP contribution is -1.94. The molecule has 0 saturated heterocycles. The molecular formula is C25H21BrN2. The van der Waals surface area contributed by atoms with Gasteiger partial charge in [0.25, 0.3) is 0 Å². The van der Waals surface area contributed by atoms with Crippen LogP contribution in [0.2, 0.25) is 0 Å². The first-order chi connectivity index (χ1) is 13.7. The third-order valence-electron chi connectivity index (χ3n) is 4.73. The van der Waals surface area contributed by atoms with E-state index in [9.17, 15) is 0 Å². The van der Waals surface area contributed by atoms with Crippen molar-refractivity contribution in [3.63, 3.8) is 0 Å². The minimum absolute atomic E-state index is 0.884. The summed E-state index contributed by atoms with van der Waals surface area (Å²) in [5, 5.41) is 0. The van der Waals surface area contributed by atoms with E-state index in [2.05, 4.69) is 106 Å². The van der Waals surface area contributed by atoms with Crippen LogP contribution in [0.15, 0.2) is 89.5 Å². The molecule has 4 rings (SSSR count). The summed E-state index contributed by atoms with van der Waals surface area (Å²) in [4.78, 5) is 4.85. The van der Waals surface area contributed by atoms with E-state index in [0.29, 0.717) is 0 Å². The van der Waals surface area contributed by atoms with Crippen molar-refractivity contribution in [3.8, 4) is 22.4 Å². The zero-order valence-corrected chi connectivity index (χ0v) is 17.3. The number of halogens is 1. The second-order valence-corrected chi connectivity index (χ2v) is 7.51. The molecule has 0 radical (unpaired) electrons. The normalized spacial score (nSPS) is 11.2. The Bertz CT molecular complexity index is 1080. The van der Waals surface area contributed by atoms with Crippen molar-refractivity contribution in [2.24, 2.45) is 0 Å². The Morgan fingerprint density at radius 3 is 2.11 bits per heavy atom. The largest absolute Gasteiger partial charge is 0.331 e. The summed E-state index contributed by atoms with van der Waals surface area (Å²) >= 11 is 3.47. The van der Waals surface area contributed by atoms with Crippen molar-refractivity contribution in [2.45, 2.75) is 13.5 Å². The minimum atomic E-state index is 0.884. The summed E-state index contributed by atoms with van der Waals surface area (Å²) in [6.07, 6.45) is 6.30. The molecule has 0 amide bonds. The fourth-order valence-corrected chi connectivity index (χ4v) is 3.43. The molecule has 3 heteroatoms. The van der Waals surface area contributed by atoms with Gasteiger partial charge in [-0.25, -0.2) is 4.98 Å². The van der Waals surface area contributed by atoms with Crippen LogP contribution in [-0.2, 0) is 6.54 Å². The molecule has 0 unspecified atom stereocenters. The fraction of sp³-hybridized carbons (Fsp3) is 0.0800. The van der Waals surface area contributed by atoms with E-state index in [-0.39, 0.29) is 0 Å². The Labute approximate surface area is 174 Å². The van der Waals surface area contributed by atoms with Crippen LogP contribution in [0.25, 0.3) is 34.5 Å². The predicted molar refractivity (Wildman–Crippen MR) is 122 cm³/mol. The number of aryl methyl sites for hydroxylation is 1. The number of aromatic nitrogens is 2. The van der Waals surface area contributed by atoms with Gasteiger partial charge in [-0.15, -0.1) is 0 Å². The fourth-order valence-electron chi connectivity index (χ4n) is 3.16. The molecule has 1 heterocycles. The summed E-state index contributed by atoms with van der Waals surface area (Å²) in [6, 6.07) is 27.3. The standard InChI is InChI=1S/C25H21BrN2/c1-2-28-18-24(27-25(28)17-10-19-8-15-23(26)16-9-19)22-13-11-21(12-14-22)20-6-4-3-5-7-20/h3-18H,2H2,1H3/b17-10+. The van der Waals surface area contributed by atoms with Crippen molar-refractivity contribution in [3.05, 3.63) is 101 Å².